The number of aryl methyl sites for hydroxylation is 1. The summed E-state index contributed by atoms with van der Waals surface area (Å²) in [6.45, 7) is 0. The van der Waals surface area contributed by atoms with Crippen molar-refractivity contribution in [3.63, 3.8) is 0 Å². The van der Waals surface area contributed by atoms with Crippen molar-refractivity contribution in [3.8, 4) is 5.75 Å². The van der Waals surface area contributed by atoms with E-state index < -0.39 is 5.97 Å². The topological polar surface area (TPSA) is 72.6 Å². The van der Waals surface area contributed by atoms with E-state index in [2.05, 4.69) is 4.98 Å². The van der Waals surface area contributed by atoms with E-state index in [0.29, 0.717) is 31.6 Å². The van der Waals surface area contributed by atoms with Crippen molar-refractivity contribution >= 4 is 5.97 Å². The van der Waals surface area contributed by atoms with Gasteiger partial charge in [-0.1, -0.05) is 12.1 Å². The molecule has 2 aromatic rings. The van der Waals surface area contributed by atoms with Crippen molar-refractivity contribution in [1.82, 2.24) is 4.98 Å². The number of hydrogen-bond donors (Lipinski definition) is 1. The lowest BCUT2D eigenvalue weighted by Gasteiger charge is -2.15. The molecule has 1 unspecified atom stereocenters. The third-order valence-corrected chi connectivity index (χ3v) is 3.82. The number of carboxylic acids is 1. The Morgan fingerprint density at radius 1 is 1.52 bits per heavy atom. The summed E-state index contributed by atoms with van der Waals surface area (Å²) in [4.78, 5) is 15.6. The van der Waals surface area contributed by atoms with Gasteiger partial charge < -0.3 is 14.3 Å². The molecule has 0 fully saturated rings. The molecule has 110 valence electrons. The summed E-state index contributed by atoms with van der Waals surface area (Å²) in [7, 11) is 1.63. The molecule has 1 aliphatic rings. The fourth-order valence-corrected chi connectivity index (χ4v) is 2.67. The summed E-state index contributed by atoms with van der Waals surface area (Å²) in [5, 5.41) is 9.09. The van der Waals surface area contributed by atoms with Gasteiger partial charge in [0, 0.05) is 12.8 Å². The molecular formula is C16H17NO4. The maximum atomic E-state index is 11.1. The summed E-state index contributed by atoms with van der Waals surface area (Å²) < 4.78 is 10.9. The number of methoxy groups -OCH3 is 1. The summed E-state index contributed by atoms with van der Waals surface area (Å²) in [6.07, 6.45) is 2.33. The predicted octanol–water partition coefficient (Wildman–Crippen LogP) is 2.46. The van der Waals surface area contributed by atoms with Crippen molar-refractivity contribution in [1.29, 1.82) is 0 Å². The van der Waals surface area contributed by atoms with Gasteiger partial charge in [-0.15, -0.1) is 0 Å². The first-order valence-corrected chi connectivity index (χ1v) is 6.99. The maximum absolute atomic E-state index is 11.1. The summed E-state index contributed by atoms with van der Waals surface area (Å²) in [6, 6.07) is 7.76. The minimum atomic E-state index is -0.758. The molecule has 0 aliphatic heterocycles. The molecule has 1 atom stereocenters. The average Bonchev–Trinajstić information content (AvgIpc) is 2.88. The Morgan fingerprint density at radius 3 is 3.14 bits per heavy atom. The molecule has 1 heterocycles. The minimum Gasteiger partial charge on any atom is -0.497 e. The molecule has 0 saturated heterocycles. The van der Waals surface area contributed by atoms with Crippen LogP contribution in [-0.2, 0) is 24.1 Å². The summed E-state index contributed by atoms with van der Waals surface area (Å²) >= 11 is 0. The first-order valence-electron chi connectivity index (χ1n) is 6.99. The quantitative estimate of drug-likeness (QED) is 0.935. The van der Waals surface area contributed by atoms with E-state index in [4.69, 9.17) is 14.3 Å². The van der Waals surface area contributed by atoms with Gasteiger partial charge in [-0.2, -0.15) is 0 Å². The van der Waals surface area contributed by atoms with E-state index in [1.807, 2.05) is 24.3 Å². The van der Waals surface area contributed by atoms with Crippen LogP contribution in [0.5, 0.6) is 5.75 Å². The van der Waals surface area contributed by atoms with Crippen molar-refractivity contribution in [2.24, 2.45) is 5.92 Å². The van der Waals surface area contributed by atoms with Gasteiger partial charge in [0.1, 0.15) is 11.5 Å². The summed E-state index contributed by atoms with van der Waals surface area (Å²) in [5.41, 5.74) is 1.97. The number of ether oxygens (including phenoxy) is 1. The van der Waals surface area contributed by atoms with Crippen LogP contribution in [0.4, 0.5) is 0 Å². The van der Waals surface area contributed by atoms with Gasteiger partial charge in [0.05, 0.1) is 18.7 Å². The molecule has 5 heteroatoms. The normalized spacial score (nSPS) is 17.3. The van der Waals surface area contributed by atoms with Crippen LogP contribution in [0.15, 0.2) is 28.7 Å². The standard InChI is InChI=1S/C16H17NO4/c1-20-12-4-2-3-10(7-12)8-15-17-13-6-5-11(16(18)19)9-14(13)21-15/h2-4,7,11H,5-6,8-9H2,1H3,(H,18,19). The van der Waals surface area contributed by atoms with Crippen LogP contribution in [0.25, 0.3) is 0 Å². The summed E-state index contributed by atoms with van der Waals surface area (Å²) in [5.74, 6) is 1.06. The van der Waals surface area contributed by atoms with Gasteiger partial charge in [-0.25, -0.2) is 4.98 Å². The second kappa shape index (κ2) is 5.60. The van der Waals surface area contributed by atoms with Gasteiger partial charge in [-0.05, 0) is 30.5 Å². The number of carboxylic acid groups (broad SMARTS) is 1. The van der Waals surface area contributed by atoms with Gasteiger partial charge >= 0.3 is 5.97 Å². The van der Waals surface area contributed by atoms with Crippen molar-refractivity contribution in [3.05, 3.63) is 47.2 Å². The minimum absolute atomic E-state index is 0.352. The molecule has 1 N–H and O–H groups in total. The van der Waals surface area contributed by atoms with E-state index in [9.17, 15) is 4.79 Å². The lowest BCUT2D eigenvalue weighted by molar-refractivity contribution is -0.142. The fourth-order valence-electron chi connectivity index (χ4n) is 2.67. The first kappa shape index (κ1) is 13.7. The Labute approximate surface area is 122 Å². The van der Waals surface area contributed by atoms with Crippen LogP contribution in [0.2, 0.25) is 0 Å². The van der Waals surface area contributed by atoms with Crippen LogP contribution >= 0.6 is 0 Å². The number of fused-ring (bicyclic) bond motifs is 1. The number of hydrogen-bond acceptors (Lipinski definition) is 4. The predicted molar refractivity (Wildman–Crippen MR) is 75.5 cm³/mol. The van der Waals surface area contributed by atoms with Crippen LogP contribution in [0.3, 0.4) is 0 Å². The SMILES string of the molecule is COc1cccc(Cc2nc3c(o2)CC(C(=O)O)CC3)c1. The molecule has 0 bridgehead atoms. The third-order valence-electron chi connectivity index (χ3n) is 3.82. The van der Waals surface area contributed by atoms with Gasteiger partial charge in [0.15, 0.2) is 5.89 Å². The number of oxazole rings is 1. The molecule has 0 spiro atoms. The monoisotopic (exact) mass is 287 g/mol. The molecule has 5 nitrogen and oxygen atoms in total. The highest BCUT2D eigenvalue weighted by Crippen LogP contribution is 2.27. The highest BCUT2D eigenvalue weighted by atomic mass is 16.5. The van der Waals surface area contributed by atoms with Crippen LogP contribution in [0.1, 0.15) is 29.3 Å². The van der Waals surface area contributed by atoms with E-state index in [-0.39, 0.29) is 5.92 Å². The maximum Gasteiger partial charge on any atom is 0.306 e. The van der Waals surface area contributed by atoms with E-state index >= 15 is 0 Å². The number of rotatable bonds is 4. The Balaban J connectivity index is 1.77. The van der Waals surface area contributed by atoms with E-state index in [1.54, 1.807) is 7.11 Å². The molecule has 0 amide bonds. The molecule has 0 radical (unpaired) electrons. The van der Waals surface area contributed by atoms with Gasteiger partial charge in [-0.3, -0.25) is 4.79 Å². The number of aliphatic carboxylic acids is 1. The molecule has 3 rings (SSSR count). The van der Waals surface area contributed by atoms with E-state index in [1.165, 1.54) is 0 Å². The highest BCUT2D eigenvalue weighted by molar-refractivity contribution is 5.70. The molecule has 21 heavy (non-hydrogen) atoms. The lowest BCUT2D eigenvalue weighted by Crippen LogP contribution is -2.21. The fraction of sp³-hybridized carbons (Fsp3) is 0.375. The second-order valence-electron chi connectivity index (χ2n) is 5.28. The lowest BCUT2D eigenvalue weighted by atomic mass is 9.91. The molecular weight excluding hydrogens is 270 g/mol. The Kier molecular flexibility index (Phi) is 3.64. The zero-order valence-electron chi connectivity index (χ0n) is 11.8. The second-order valence-corrected chi connectivity index (χ2v) is 5.28. The van der Waals surface area contributed by atoms with Crippen molar-refractivity contribution in [2.75, 3.05) is 7.11 Å². The Bertz CT molecular complexity index is 662. The zero-order chi connectivity index (χ0) is 14.8. The Morgan fingerprint density at radius 2 is 2.38 bits per heavy atom. The van der Waals surface area contributed by atoms with Gasteiger partial charge in [0.2, 0.25) is 0 Å². The number of nitrogens with zero attached hydrogens (tertiary/aromatic N) is 1. The van der Waals surface area contributed by atoms with Gasteiger partial charge in [0.25, 0.3) is 0 Å². The first-order chi connectivity index (χ1) is 10.2. The zero-order valence-corrected chi connectivity index (χ0v) is 11.8. The highest BCUT2D eigenvalue weighted by Gasteiger charge is 2.28. The molecule has 1 aromatic heterocycles. The van der Waals surface area contributed by atoms with Crippen molar-refractivity contribution in [2.45, 2.75) is 25.7 Å². The number of aromatic nitrogens is 1. The number of carbonyl (C=O) groups is 1. The third kappa shape index (κ3) is 2.91. The molecule has 0 saturated carbocycles. The van der Waals surface area contributed by atoms with Crippen LogP contribution in [-0.4, -0.2) is 23.2 Å². The van der Waals surface area contributed by atoms with Crippen molar-refractivity contribution < 1.29 is 19.1 Å². The Hall–Kier alpha value is -2.30. The molecule has 1 aliphatic carbocycles. The van der Waals surface area contributed by atoms with Crippen LogP contribution in [0, 0.1) is 5.92 Å². The number of benzene rings is 1. The largest absolute Gasteiger partial charge is 0.497 e. The van der Waals surface area contributed by atoms with Crippen LogP contribution < -0.4 is 4.74 Å². The van der Waals surface area contributed by atoms with E-state index in [0.717, 1.165) is 22.8 Å². The average molecular weight is 287 g/mol. The smallest absolute Gasteiger partial charge is 0.306 e. The molecule has 1 aromatic carbocycles.